The van der Waals surface area contributed by atoms with E-state index in [1.165, 1.54) is 41.3 Å². The van der Waals surface area contributed by atoms with Gasteiger partial charge in [0, 0.05) is 17.0 Å². The Labute approximate surface area is 219 Å². The number of nitrogen functional groups attached to an aromatic ring is 2. The van der Waals surface area contributed by atoms with E-state index in [9.17, 15) is 22.4 Å². The number of nitrogens with zero attached hydrogens (tertiary/aromatic N) is 3. The lowest BCUT2D eigenvalue weighted by molar-refractivity contribution is 0.0823. The van der Waals surface area contributed by atoms with Gasteiger partial charge in [-0.2, -0.15) is 5.10 Å². The minimum absolute atomic E-state index is 0.00637. The zero-order valence-electron chi connectivity index (χ0n) is 20.5. The Morgan fingerprint density at radius 3 is 2.59 bits per heavy atom. The molecule has 0 fully saturated rings. The van der Waals surface area contributed by atoms with Crippen LogP contribution in [-0.4, -0.2) is 38.6 Å². The van der Waals surface area contributed by atoms with Crippen molar-refractivity contribution in [1.29, 1.82) is 0 Å². The molecule has 0 bridgehead atoms. The fourth-order valence-corrected chi connectivity index (χ4v) is 3.68. The van der Waals surface area contributed by atoms with Gasteiger partial charge < -0.3 is 25.9 Å². The highest BCUT2D eigenvalue weighted by molar-refractivity contribution is 6.12. The van der Waals surface area contributed by atoms with Gasteiger partial charge in [0.05, 0.1) is 35.0 Å². The zero-order valence-corrected chi connectivity index (χ0v) is 20.5. The minimum Gasteiger partial charge on any atom is -0.485 e. The van der Waals surface area contributed by atoms with E-state index >= 15 is 0 Å². The number of aromatic amines is 1. The largest absolute Gasteiger partial charge is 0.485 e. The summed E-state index contributed by atoms with van der Waals surface area (Å²) in [4.78, 5) is 20.2. The first-order valence-electron chi connectivity index (χ1n) is 11.2. The van der Waals surface area contributed by atoms with Crippen LogP contribution in [0.1, 0.15) is 21.6 Å². The van der Waals surface area contributed by atoms with E-state index in [0.717, 1.165) is 6.08 Å². The molecule has 0 aliphatic heterocycles. The number of hydrogen-bond acceptors (Lipinski definition) is 7. The van der Waals surface area contributed by atoms with Crippen LogP contribution >= 0.6 is 0 Å². The number of benzene rings is 1. The Morgan fingerprint density at radius 2 is 1.95 bits per heavy atom. The van der Waals surface area contributed by atoms with Crippen molar-refractivity contribution < 1.29 is 31.8 Å². The molecule has 9 nitrogen and oxygen atoms in total. The Balaban J connectivity index is 1.61. The summed E-state index contributed by atoms with van der Waals surface area (Å²) in [6.07, 6.45) is 0.674. The van der Waals surface area contributed by atoms with E-state index in [4.69, 9.17) is 20.9 Å². The summed E-state index contributed by atoms with van der Waals surface area (Å²) in [7, 11) is 0. The van der Waals surface area contributed by atoms with Crippen molar-refractivity contribution in [2.24, 2.45) is 0 Å². The van der Waals surface area contributed by atoms with Gasteiger partial charge >= 0.3 is 0 Å². The average molecular weight is 542 g/mol. The maximum atomic E-state index is 13.8. The summed E-state index contributed by atoms with van der Waals surface area (Å²) in [5, 5.41) is 4.69. The Hall–Kier alpha value is -5.07. The quantitative estimate of drug-likeness (QED) is 0.0811. The lowest BCUT2D eigenvalue weighted by Gasteiger charge is -2.11. The van der Waals surface area contributed by atoms with Crippen molar-refractivity contribution in [1.82, 2.24) is 19.7 Å². The molecule has 3 heterocycles. The van der Waals surface area contributed by atoms with E-state index in [-0.39, 0.29) is 34.4 Å². The van der Waals surface area contributed by atoms with E-state index < -0.39 is 36.2 Å². The molecule has 0 unspecified atom stereocenters. The second-order valence-electron chi connectivity index (χ2n) is 8.24. The number of carbonyl (C=O) groups is 1. The number of nitrogens with two attached hydrogens (primary N) is 2. The number of allylic oxidation sites excluding steroid dienone is 3. The minimum atomic E-state index is -2.67. The lowest BCUT2D eigenvalue weighted by Crippen LogP contribution is -2.09. The molecular formula is C26H22F4N6O3. The number of aryl methyl sites for hydroxylation is 1. The summed E-state index contributed by atoms with van der Waals surface area (Å²) in [6, 6.07) is 5.82. The van der Waals surface area contributed by atoms with Gasteiger partial charge in [-0.3, -0.25) is 4.79 Å². The first kappa shape index (κ1) is 27.0. The zero-order chi connectivity index (χ0) is 28.4. The van der Waals surface area contributed by atoms with Gasteiger partial charge in [-0.25, -0.2) is 27.2 Å². The molecule has 0 radical (unpaired) electrons. The van der Waals surface area contributed by atoms with Crippen LogP contribution in [0.4, 0.5) is 29.1 Å². The number of anilines is 2. The summed E-state index contributed by atoms with van der Waals surface area (Å²) in [6.45, 7) is 7.09. The highest BCUT2D eigenvalue weighted by Crippen LogP contribution is 2.31. The Bertz CT molecular complexity index is 1640. The van der Waals surface area contributed by atoms with E-state index in [0.29, 0.717) is 22.2 Å². The van der Waals surface area contributed by atoms with Crippen LogP contribution in [0.15, 0.2) is 73.3 Å². The maximum Gasteiger partial charge on any atom is 0.272 e. The molecule has 0 aliphatic rings. The van der Waals surface area contributed by atoms with Gasteiger partial charge in [-0.05, 0) is 36.8 Å². The molecule has 4 aromatic rings. The maximum absolute atomic E-state index is 13.8. The standard InChI is InChI=1S/C26H22F4N6O3/c1-4-16(28)25(13(3)27)39-23-5-12(2)20(10-33-23)36-26(32)15(9-34-36)24(37)19-6-14-7-21(38-11-22(29)30)17(31)8-18(14)35-19/h4-10,22,35H,1,3,11,31-32H2,2H3/b25-16-. The van der Waals surface area contributed by atoms with Crippen LogP contribution < -0.4 is 20.9 Å². The number of aromatic nitrogens is 4. The number of ether oxygens (including phenoxy) is 2. The van der Waals surface area contributed by atoms with Crippen molar-refractivity contribution in [3.63, 3.8) is 0 Å². The molecule has 0 saturated heterocycles. The highest BCUT2D eigenvalue weighted by atomic mass is 19.3. The molecule has 0 aliphatic carbocycles. The lowest BCUT2D eigenvalue weighted by atomic mass is 10.1. The first-order valence-corrected chi connectivity index (χ1v) is 11.2. The summed E-state index contributed by atoms with van der Waals surface area (Å²) in [5.41, 5.74) is 13.8. The van der Waals surface area contributed by atoms with Crippen LogP contribution in [0.3, 0.4) is 0 Å². The molecule has 1 aromatic carbocycles. The second kappa shape index (κ2) is 10.7. The molecule has 202 valence electrons. The van der Waals surface area contributed by atoms with Crippen LogP contribution in [0, 0.1) is 6.92 Å². The number of ketones is 1. The fraction of sp³-hybridized carbons (Fsp3) is 0.115. The average Bonchev–Trinajstić information content (AvgIpc) is 3.47. The molecule has 0 atom stereocenters. The van der Waals surface area contributed by atoms with Gasteiger partial charge in [0.1, 0.15) is 18.2 Å². The van der Waals surface area contributed by atoms with E-state index in [1.54, 1.807) is 6.92 Å². The van der Waals surface area contributed by atoms with E-state index in [2.05, 4.69) is 28.2 Å². The molecule has 3 aromatic heterocycles. The topological polar surface area (TPSA) is 134 Å². The van der Waals surface area contributed by atoms with Crippen LogP contribution in [-0.2, 0) is 0 Å². The first-order chi connectivity index (χ1) is 18.5. The van der Waals surface area contributed by atoms with Crippen molar-refractivity contribution in [3.05, 3.63) is 90.1 Å². The Kier molecular flexibility index (Phi) is 7.42. The predicted octanol–water partition coefficient (Wildman–Crippen LogP) is 5.33. The van der Waals surface area contributed by atoms with Crippen LogP contribution in [0.5, 0.6) is 11.6 Å². The van der Waals surface area contributed by atoms with Crippen molar-refractivity contribution >= 4 is 28.2 Å². The third kappa shape index (κ3) is 5.46. The van der Waals surface area contributed by atoms with Crippen LogP contribution in [0.2, 0.25) is 0 Å². The third-order valence-electron chi connectivity index (χ3n) is 5.55. The van der Waals surface area contributed by atoms with E-state index in [1.807, 2.05) is 0 Å². The number of carbonyl (C=O) groups excluding carboxylic acids is 1. The molecule has 0 amide bonds. The summed E-state index contributed by atoms with van der Waals surface area (Å²) < 4.78 is 63.9. The van der Waals surface area contributed by atoms with Crippen molar-refractivity contribution in [2.75, 3.05) is 18.1 Å². The molecule has 39 heavy (non-hydrogen) atoms. The predicted molar refractivity (Wildman–Crippen MR) is 137 cm³/mol. The molecular weight excluding hydrogens is 520 g/mol. The molecule has 0 saturated carbocycles. The third-order valence-corrected chi connectivity index (χ3v) is 5.55. The number of halogens is 4. The number of H-pyrrole nitrogens is 1. The molecule has 13 heteroatoms. The number of rotatable bonds is 10. The Morgan fingerprint density at radius 1 is 1.21 bits per heavy atom. The summed E-state index contributed by atoms with van der Waals surface area (Å²) in [5.74, 6) is -3.52. The van der Waals surface area contributed by atoms with Crippen molar-refractivity contribution in [2.45, 2.75) is 13.3 Å². The van der Waals surface area contributed by atoms with Crippen LogP contribution in [0.25, 0.3) is 16.6 Å². The number of alkyl halides is 2. The fourth-order valence-electron chi connectivity index (χ4n) is 3.68. The number of hydrogen-bond donors (Lipinski definition) is 3. The number of pyridine rings is 1. The van der Waals surface area contributed by atoms with Gasteiger partial charge in [0.25, 0.3) is 6.43 Å². The van der Waals surface area contributed by atoms with Gasteiger partial charge in [0.15, 0.2) is 17.4 Å². The van der Waals surface area contributed by atoms with Gasteiger partial charge in [-0.15, -0.1) is 0 Å². The molecule has 5 N–H and O–H groups in total. The van der Waals surface area contributed by atoms with Crippen molar-refractivity contribution in [3.8, 4) is 17.3 Å². The molecule has 0 spiro atoms. The smallest absolute Gasteiger partial charge is 0.272 e. The number of nitrogens with one attached hydrogen (secondary N) is 1. The highest BCUT2D eigenvalue weighted by Gasteiger charge is 2.22. The van der Waals surface area contributed by atoms with Gasteiger partial charge in [-0.1, -0.05) is 13.2 Å². The monoisotopic (exact) mass is 542 g/mol. The summed E-state index contributed by atoms with van der Waals surface area (Å²) >= 11 is 0. The normalized spacial score (nSPS) is 11.9. The molecule has 4 rings (SSSR count). The SMILES string of the molecule is C=C/C(F)=C(/Oc1cc(C)c(-n2ncc(C(=O)c3cc4cc(OCC(F)F)c(N)cc4[nH]3)c2N)cn1)C(=C)F. The van der Waals surface area contributed by atoms with Gasteiger partial charge in [0.2, 0.25) is 11.7 Å². The number of fused-ring (bicyclic) bond motifs is 1. The second-order valence-corrected chi connectivity index (χ2v) is 8.24.